The molecule has 0 atom stereocenters. The Kier molecular flexibility index (Phi) is 7.79. The average molecular weight is 426 g/mol. The van der Waals surface area contributed by atoms with E-state index in [1.165, 1.54) is 6.42 Å². The van der Waals surface area contributed by atoms with Gasteiger partial charge in [-0.1, -0.05) is 37.5 Å². The lowest BCUT2D eigenvalue weighted by Crippen LogP contribution is -2.37. The van der Waals surface area contributed by atoms with Gasteiger partial charge in [0.15, 0.2) is 5.11 Å². The van der Waals surface area contributed by atoms with Gasteiger partial charge >= 0.3 is 0 Å². The van der Waals surface area contributed by atoms with Crippen LogP contribution < -0.4 is 20.7 Å². The second-order valence-electron chi connectivity index (χ2n) is 7.22. The van der Waals surface area contributed by atoms with Crippen LogP contribution in [0.15, 0.2) is 48.5 Å². The van der Waals surface area contributed by atoms with Crippen LogP contribution >= 0.6 is 12.2 Å². The molecule has 0 aliphatic heterocycles. The molecule has 0 aromatic heterocycles. The van der Waals surface area contributed by atoms with Gasteiger partial charge < -0.3 is 15.4 Å². The zero-order valence-electron chi connectivity index (χ0n) is 17.1. The third kappa shape index (κ3) is 6.03. The Morgan fingerprint density at radius 2 is 1.80 bits per heavy atom. The number of hydrogen-bond acceptors (Lipinski definition) is 4. The fourth-order valence-electron chi connectivity index (χ4n) is 3.52. The highest BCUT2D eigenvalue weighted by atomic mass is 32.1. The number of amides is 2. The van der Waals surface area contributed by atoms with E-state index in [-0.39, 0.29) is 23.0 Å². The van der Waals surface area contributed by atoms with Crippen molar-refractivity contribution in [3.63, 3.8) is 0 Å². The molecule has 2 aromatic carbocycles. The number of thiocarbonyl (C=S) groups is 1. The summed E-state index contributed by atoms with van der Waals surface area (Å²) in [5.74, 6) is 0.135. The highest BCUT2D eigenvalue weighted by Crippen LogP contribution is 2.20. The molecule has 3 N–H and O–H groups in total. The summed E-state index contributed by atoms with van der Waals surface area (Å²) in [5, 5.41) is 8.87. The van der Waals surface area contributed by atoms with E-state index < -0.39 is 0 Å². The van der Waals surface area contributed by atoms with Crippen LogP contribution in [0.3, 0.4) is 0 Å². The molecule has 0 unspecified atom stereocenters. The molecule has 158 valence electrons. The first-order valence-corrected chi connectivity index (χ1v) is 10.7. The van der Waals surface area contributed by atoms with Crippen molar-refractivity contribution in [2.75, 3.05) is 11.9 Å². The zero-order valence-corrected chi connectivity index (χ0v) is 17.9. The summed E-state index contributed by atoms with van der Waals surface area (Å²) in [6, 6.07) is 14.2. The molecule has 3 rings (SSSR count). The highest BCUT2D eigenvalue weighted by Gasteiger charge is 2.19. The second kappa shape index (κ2) is 10.7. The third-order valence-electron chi connectivity index (χ3n) is 4.99. The van der Waals surface area contributed by atoms with Crippen molar-refractivity contribution in [2.24, 2.45) is 0 Å². The van der Waals surface area contributed by atoms with E-state index in [2.05, 4.69) is 16.0 Å². The molecule has 30 heavy (non-hydrogen) atoms. The molecule has 1 aliphatic carbocycles. The molecule has 7 heteroatoms. The average Bonchev–Trinajstić information content (AvgIpc) is 2.75. The van der Waals surface area contributed by atoms with Crippen molar-refractivity contribution in [2.45, 2.75) is 45.1 Å². The van der Waals surface area contributed by atoms with E-state index in [9.17, 15) is 9.59 Å². The van der Waals surface area contributed by atoms with Crippen LogP contribution in [-0.2, 0) is 0 Å². The smallest absolute Gasteiger partial charge is 0.257 e. The number of benzene rings is 2. The Hall–Kier alpha value is -2.93. The monoisotopic (exact) mass is 425 g/mol. The molecule has 0 radical (unpaired) electrons. The summed E-state index contributed by atoms with van der Waals surface area (Å²) in [6.45, 7) is 2.40. The number of anilines is 1. The van der Waals surface area contributed by atoms with Crippen LogP contribution in [0.2, 0.25) is 0 Å². The first-order chi connectivity index (χ1) is 14.6. The largest absolute Gasteiger partial charge is 0.494 e. The fourth-order valence-corrected chi connectivity index (χ4v) is 3.73. The zero-order chi connectivity index (χ0) is 21.3. The number of carbonyl (C=O) groups excluding carboxylic acids is 2. The lowest BCUT2D eigenvalue weighted by atomic mass is 9.95. The van der Waals surface area contributed by atoms with Crippen molar-refractivity contribution < 1.29 is 14.3 Å². The number of rotatable bonds is 6. The summed E-state index contributed by atoms with van der Waals surface area (Å²) in [7, 11) is 0. The standard InChI is InChI=1S/C23H27N3O3S/c1-2-29-18-12-8-9-16(15-18)21(27)26-23(30)25-20-14-7-6-13-19(20)22(28)24-17-10-4-3-5-11-17/h6-9,12-15,17H,2-5,10-11H2,1H3,(H,24,28)(H2,25,26,27,30). The van der Waals surface area contributed by atoms with Gasteiger partial charge in [-0.15, -0.1) is 0 Å². The molecule has 0 heterocycles. The van der Waals surface area contributed by atoms with Gasteiger partial charge in [0, 0.05) is 11.6 Å². The van der Waals surface area contributed by atoms with Gasteiger partial charge in [0.05, 0.1) is 17.9 Å². The molecule has 0 spiro atoms. The second-order valence-corrected chi connectivity index (χ2v) is 7.63. The summed E-state index contributed by atoms with van der Waals surface area (Å²) in [6.07, 6.45) is 5.54. The van der Waals surface area contributed by atoms with E-state index in [4.69, 9.17) is 17.0 Å². The highest BCUT2D eigenvalue weighted by molar-refractivity contribution is 7.80. The third-order valence-corrected chi connectivity index (χ3v) is 5.20. The molecule has 0 bridgehead atoms. The van der Waals surface area contributed by atoms with Crippen molar-refractivity contribution in [1.82, 2.24) is 10.6 Å². The Morgan fingerprint density at radius 1 is 1.03 bits per heavy atom. The van der Waals surface area contributed by atoms with Gasteiger partial charge in [0.1, 0.15) is 5.75 Å². The van der Waals surface area contributed by atoms with Crippen molar-refractivity contribution >= 4 is 34.8 Å². The maximum absolute atomic E-state index is 12.8. The van der Waals surface area contributed by atoms with Crippen molar-refractivity contribution in [1.29, 1.82) is 0 Å². The quantitative estimate of drug-likeness (QED) is 0.602. The van der Waals surface area contributed by atoms with Gasteiger partial charge in [-0.25, -0.2) is 0 Å². The summed E-state index contributed by atoms with van der Waals surface area (Å²) in [5.41, 5.74) is 1.49. The molecule has 6 nitrogen and oxygen atoms in total. The van der Waals surface area contributed by atoms with E-state index >= 15 is 0 Å². The Bertz CT molecular complexity index is 910. The molecular formula is C23H27N3O3S. The van der Waals surface area contributed by atoms with Crippen LogP contribution in [0, 0.1) is 0 Å². The van der Waals surface area contributed by atoms with Gasteiger partial charge in [-0.2, -0.15) is 0 Å². The van der Waals surface area contributed by atoms with E-state index in [1.807, 2.05) is 19.1 Å². The molecule has 1 aliphatic rings. The Balaban J connectivity index is 1.63. The van der Waals surface area contributed by atoms with Crippen LogP contribution in [0.1, 0.15) is 59.7 Å². The molecular weight excluding hydrogens is 398 g/mol. The number of carbonyl (C=O) groups is 2. The van der Waals surface area contributed by atoms with Gasteiger partial charge in [-0.05, 0) is 62.3 Å². The SMILES string of the molecule is CCOc1cccc(C(=O)NC(=S)Nc2ccccc2C(=O)NC2CCCCC2)c1. The van der Waals surface area contributed by atoms with Crippen molar-refractivity contribution in [3.05, 3.63) is 59.7 Å². The Labute approximate surface area is 182 Å². The number of hydrogen-bond donors (Lipinski definition) is 3. The number of ether oxygens (including phenoxy) is 1. The van der Waals surface area contributed by atoms with E-state index in [0.29, 0.717) is 29.2 Å². The molecule has 1 saturated carbocycles. The predicted molar refractivity (Wildman–Crippen MR) is 122 cm³/mol. The van der Waals surface area contributed by atoms with E-state index in [1.54, 1.807) is 36.4 Å². The minimum atomic E-state index is -0.349. The molecule has 1 fully saturated rings. The maximum Gasteiger partial charge on any atom is 0.257 e. The van der Waals surface area contributed by atoms with Gasteiger partial charge in [0.2, 0.25) is 0 Å². The number of nitrogens with one attached hydrogen (secondary N) is 3. The topological polar surface area (TPSA) is 79.5 Å². The van der Waals surface area contributed by atoms with Gasteiger partial charge in [-0.3, -0.25) is 14.9 Å². The van der Waals surface area contributed by atoms with Crippen LogP contribution in [0.4, 0.5) is 5.69 Å². The summed E-state index contributed by atoms with van der Waals surface area (Å²) in [4.78, 5) is 25.3. The maximum atomic E-state index is 12.8. The molecule has 0 saturated heterocycles. The lowest BCUT2D eigenvalue weighted by molar-refractivity contribution is 0.0927. The van der Waals surface area contributed by atoms with Gasteiger partial charge in [0.25, 0.3) is 11.8 Å². The number of para-hydroxylation sites is 1. The molecule has 2 amide bonds. The minimum absolute atomic E-state index is 0.125. The first kappa shape index (κ1) is 21.8. The van der Waals surface area contributed by atoms with Crippen molar-refractivity contribution in [3.8, 4) is 5.75 Å². The fraction of sp³-hybridized carbons (Fsp3) is 0.348. The Morgan fingerprint density at radius 3 is 2.57 bits per heavy atom. The molecule has 2 aromatic rings. The lowest BCUT2D eigenvalue weighted by Gasteiger charge is -2.23. The normalized spacial score (nSPS) is 13.9. The minimum Gasteiger partial charge on any atom is -0.494 e. The van der Waals surface area contributed by atoms with Crippen LogP contribution in [0.5, 0.6) is 5.75 Å². The summed E-state index contributed by atoms with van der Waals surface area (Å²) < 4.78 is 5.43. The summed E-state index contributed by atoms with van der Waals surface area (Å²) >= 11 is 5.30. The predicted octanol–water partition coefficient (Wildman–Crippen LogP) is 4.27. The van der Waals surface area contributed by atoms with Crippen LogP contribution in [-0.4, -0.2) is 29.6 Å². The van der Waals surface area contributed by atoms with E-state index in [0.717, 1.165) is 25.7 Å². The van der Waals surface area contributed by atoms with Crippen LogP contribution in [0.25, 0.3) is 0 Å². The first-order valence-electron chi connectivity index (χ1n) is 10.3.